The lowest BCUT2D eigenvalue weighted by Gasteiger charge is -2.16. The number of hydrogen-bond acceptors (Lipinski definition) is 2. The average Bonchev–Trinajstić information content (AvgIpc) is 3.16. The number of benzene rings is 1. The second-order valence-corrected chi connectivity index (χ2v) is 6.80. The molecule has 0 radical (unpaired) electrons. The quantitative estimate of drug-likeness (QED) is 0.378. The molecule has 146 valence electrons. The molecule has 27 heavy (non-hydrogen) atoms. The van der Waals surface area contributed by atoms with Crippen molar-refractivity contribution >= 4 is 29.9 Å². The van der Waals surface area contributed by atoms with Gasteiger partial charge in [0.2, 0.25) is 0 Å². The Hall–Kier alpha value is -1.83. The van der Waals surface area contributed by atoms with Gasteiger partial charge in [-0.05, 0) is 37.0 Å². The van der Waals surface area contributed by atoms with Gasteiger partial charge in [-0.25, -0.2) is 4.99 Å². The number of hydrogen-bond donors (Lipinski definition) is 2. The third kappa shape index (κ3) is 6.68. The van der Waals surface area contributed by atoms with Crippen molar-refractivity contribution in [3.8, 4) is 0 Å². The topological polar surface area (TPSA) is 58.4 Å². The van der Waals surface area contributed by atoms with Crippen molar-refractivity contribution in [2.45, 2.75) is 51.7 Å². The molecule has 0 aliphatic heterocycles. The largest absolute Gasteiger partial charge is 0.357 e. The Bertz CT molecular complexity index is 779. The van der Waals surface area contributed by atoms with E-state index in [0.717, 1.165) is 23.6 Å². The Morgan fingerprint density at radius 3 is 2.48 bits per heavy atom. The fourth-order valence-corrected chi connectivity index (χ4v) is 3.29. The van der Waals surface area contributed by atoms with Crippen molar-refractivity contribution in [2.24, 2.45) is 4.99 Å². The number of nitrogens with one attached hydrogen (secondary N) is 2. The second-order valence-electron chi connectivity index (χ2n) is 6.80. The zero-order chi connectivity index (χ0) is 18.2. The predicted octanol–water partition coefficient (Wildman–Crippen LogP) is 3.51. The molecule has 1 heterocycles. The first-order valence-corrected chi connectivity index (χ1v) is 9.52. The van der Waals surface area contributed by atoms with Crippen LogP contribution in [0, 0.1) is 0 Å². The SMILES string of the molecule is CCNC(=NCc1ccc(Cn2ccccc2=O)cc1)NC1CCCC1.I. The number of pyridine rings is 1. The molecule has 1 aromatic carbocycles. The number of rotatable bonds is 6. The van der Waals surface area contributed by atoms with Crippen LogP contribution in [0.1, 0.15) is 43.7 Å². The normalized spacial score (nSPS) is 14.6. The molecular weight excluding hydrogens is 451 g/mol. The number of halogens is 1. The fraction of sp³-hybridized carbons (Fsp3) is 0.429. The molecule has 0 bridgehead atoms. The minimum Gasteiger partial charge on any atom is -0.357 e. The zero-order valence-electron chi connectivity index (χ0n) is 15.9. The maximum absolute atomic E-state index is 11.8. The van der Waals surface area contributed by atoms with Crippen LogP contribution in [0.3, 0.4) is 0 Å². The third-order valence-electron chi connectivity index (χ3n) is 4.73. The summed E-state index contributed by atoms with van der Waals surface area (Å²) in [5, 5.41) is 6.87. The molecule has 3 rings (SSSR count). The molecule has 0 spiro atoms. The molecule has 1 saturated carbocycles. The summed E-state index contributed by atoms with van der Waals surface area (Å²) in [4.78, 5) is 16.5. The van der Waals surface area contributed by atoms with Gasteiger partial charge in [0.25, 0.3) is 5.56 Å². The van der Waals surface area contributed by atoms with Crippen LogP contribution in [0.4, 0.5) is 0 Å². The van der Waals surface area contributed by atoms with Crippen molar-refractivity contribution in [2.75, 3.05) is 6.54 Å². The molecule has 0 saturated heterocycles. The molecule has 6 heteroatoms. The highest BCUT2D eigenvalue weighted by atomic mass is 127. The Balaban J connectivity index is 0.00000261. The van der Waals surface area contributed by atoms with E-state index in [1.165, 1.54) is 25.7 Å². The Kier molecular flexibility index (Phi) is 8.84. The van der Waals surface area contributed by atoms with Gasteiger partial charge in [0.15, 0.2) is 5.96 Å². The van der Waals surface area contributed by atoms with Crippen molar-refractivity contribution in [3.05, 3.63) is 70.1 Å². The van der Waals surface area contributed by atoms with E-state index >= 15 is 0 Å². The smallest absolute Gasteiger partial charge is 0.250 e. The molecule has 0 amide bonds. The van der Waals surface area contributed by atoms with Crippen LogP contribution in [-0.2, 0) is 13.1 Å². The van der Waals surface area contributed by atoms with Crippen LogP contribution >= 0.6 is 24.0 Å². The van der Waals surface area contributed by atoms with Gasteiger partial charge in [0.1, 0.15) is 0 Å². The molecule has 1 aliphatic rings. The number of aromatic nitrogens is 1. The monoisotopic (exact) mass is 480 g/mol. The van der Waals surface area contributed by atoms with Gasteiger partial charge in [0.05, 0.1) is 13.1 Å². The van der Waals surface area contributed by atoms with Gasteiger partial charge in [0, 0.05) is 24.8 Å². The first-order valence-electron chi connectivity index (χ1n) is 9.52. The Labute approximate surface area is 178 Å². The molecule has 1 aromatic heterocycles. The maximum atomic E-state index is 11.8. The van der Waals surface area contributed by atoms with Crippen molar-refractivity contribution in [3.63, 3.8) is 0 Å². The van der Waals surface area contributed by atoms with Crippen LogP contribution in [-0.4, -0.2) is 23.1 Å². The van der Waals surface area contributed by atoms with E-state index in [2.05, 4.69) is 41.8 Å². The van der Waals surface area contributed by atoms with E-state index < -0.39 is 0 Å². The predicted molar refractivity (Wildman–Crippen MR) is 122 cm³/mol. The molecule has 1 fully saturated rings. The number of aliphatic imine (C=N–C) groups is 1. The highest BCUT2D eigenvalue weighted by Gasteiger charge is 2.15. The first kappa shape index (κ1) is 21.5. The molecule has 2 N–H and O–H groups in total. The molecule has 1 aliphatic carbocycles. The van der Waals surface area contributed by atoms with Gasteiger partial charge >= 0.3 is 0 Å². The molecular formula is C21H29IN4O. The highest BCUT2D eigenvalue weighted by Crippen LogP contribution is 2.17. The average molecular weight is 480 g/mol. The lowest BCUT2D eigenvalue weighted by molar-refractivity contribution is 0.614. The number of nitrogens with zero attached hydrogens (tertiary/aromatic N) is 2. The Morgan fingerprint density at radius 1 is 1.11 bits per heavy atom. The van der Waals surface area contributed by atoms with Gasteiger partial charge in [-0.1, -0.05) is 43.2 Å². The summed E-state index contributed by atoms with van der Waals surface area (Å²) in [6.07, 6.45) is 6.90. The van der Waals surface area contributed by atoms with Crippen LogP contribution in [0.5, 0.6) is 0 Å². The van der Waals surface area contributed by atoms with Gasteiger partial charge in [-0.3, -0.25) is 4.79 Å². The van der Waals surface area contributed by atoms with Gasteiger partial charge in [-0.15, -0.1) is 24.0 Å². The van der Waals surface area contributed by atoms with Crippen LogP contribution in [0.15, 0.2) is 58.4 Å². The highest BCUT2D eigenvalue weighted by molar-refractivity contribution is 14.0. The summed E-state index contributed by atoms with van der Waals surface area (Å²) in [6, 6.07) is 14.1. The van der Waals surface area contributed by atoms with Crippen LogP contribution in [0.2, 0.25) is 0 Å². The lowest BCUT2D eigenvalue weighted by atomic mass is 10.1. The van der Waals surface area contributed by atoms with Crippen molar-refractivity contribution < 1.29 is 0 Å². The van der Waals surface area contributed by atoms with E-state index in [1.807, 2.05) is 12.3 Å². The summed E-state index contributed by atoms with van der Waals surface area (Å²) < 4.78 is 1.71. The van der Waals surface area contributed by atoms with Crippen LogP contribution < -0.4 is 16.2 Å². The summed E-state index contributed by atoms with van der Waals surface area (Å²) in [5.41, 5.74) is 2.30. The number of guanidine groups is 1. The molecule has 0 unspecified atom stereocenters. The maximum Gasteiger partial charge on any atom is 0.250 e. The molecule has 5 nitrogen and oxygen atoms in total. The summed E-state index contributed by atoms with van der Waals surface area (Å²) >= 11 is 0. The summed E-state index contributed by atoms with van der Waals surface area (Å²) in [5.74, 6) is 0.902. The summed E-state index contributed by atoms with van der Waals surface area (Å²) in [6.45, 7) is 4.19. The second kappa shape index (κ2) is 11.1. The fourth-order valence-electron chi connectivity index (χ4n) is 3.29. The Morgan fingerprint density at radius 2 is 1.81 bits per heavy atom. The molecule has 2 aromatic rings. The lowest BCUT2D eigenvalue weighted by Crippen LogP contribution is -2.42. The van der Waals surface area contributed by atoms with E-state index in [9.17, 15) is 4.79 Å². The van der Waals surface area contributed by atoms with E-state index in [4.69, 9.17) is 4.99 Å². The third-order valence-corrected chi connectivity index (χ3v) is 4.73. The van der Waals surface area contributed by atoms with Gasteiger partial charge in [-0.2, -0.15) is 0 Å². The van der Waals surface area contributed by atoms with Gasteiger partial charge < -0.3 is 15.2 Å². The minimum absolute atomic E-state index is 0. The summed E-state index contributed by atoms with van der Waals surface area (Å²) in [7, 11) is 0. The standard InChI is InChI=1S/C21H28N4O.HI/c1-2-22-21(24-19-7-3-4-8-19)23-15-17-10-12-18(13-11-17)16-25-14-6-5-9-20(25)26;/h5-6,9-14,19H,2-4,7-8,15-16H2,1H3,(H2,22,23,24);1H. The first-order chi connectivity index (χ1) is 12.7. The van der Waals surface area contributed by atoms with E-state index in [1.54, 1.807) is 16.7 Å². The van der Waals surface area contributed by atoms with E-state index in [-0.39, 0.29) is 29.5 Å². The van der Waals surface area contributed by atoms with Crippen molar-refractivity contribution in [1.82, 2.24) is 15.2 Å². The zero-order valence-corrected chi connectivity index (χ0v) is 18.2. The van der Waals surface area contributed by atoms with Crippen molar-refractivity contribution in [1.29, 1.82) is 0 Å². The minimum atomic E-state index is 0. The van der Waals surface area contributed by atoms with Crippen LogP contribution in [0.25, 0.3) is 0 Å². The molecule has 0 atom stereocenters. The van der Waals surface area contributed by atoms with E-state index in [0.29, 0.717) is 19.1 Å².